The summed E-state index contributed by atoms with van der Waals surface area (Å²) in [6.07, 6.45) is 5.69. The molecule has 3 atom stereocenters. The molecule has 1 aliphatic carbocycles. The van der Waals surface area contributed by atoms with Crippen molar-refractivity contribution in [3.8, 4) is 0 Å². The Morgan fingerprint density at radius 1 is 1.16 bits per heavy atom. The molecule has 0 saturated carbocycles. The van der Waals surface area contributed by atoms with Gasteiger partial charge in [0, 0.05) is 37.8 Å². The number of nitrogens with zero attached hydrogens (tertiary/aromatic N) is 4. The number of carbonyl (C=O) groups is 3. The smallest absolute Gasteiger partial charge is 0.233 e. The largest absolute Gasteiger partial charge is 0.341 e. The summed E-state index contributed by atoms with van der Waals surface area (Å²) in [4.78, 5) is 40.7. The van der Waals surface area contributed by atoms with Gasteiger partial charge in [0.05, 0.1) is 35.1 Å². The lowest BCUT2D eigenvalue weighted by molar-refractivity contribution is -0.140. The van der Waals surface area contributed by atoms with Crippen LogP contribution in [0.4, 0.5) is 0 Å². The molecule has 3 heterocycles. The Balaban J connectivity index is 1.37. The molecule has 0 radical (unpaired) electrons. The van der Waals surface area contributed by atoms with Crippen molar-refractivity contribution in [3.63, 3.8) is 0 Å². The number of aromatic nitrogens is 2. The summed E-state index contributed by atoms with van der Waals surface area (Å²) >= 11 is 0. The van der Waals surface area contributed by atoms with Gasteiger partial charge in [0.15, 0.2) is 9.84 Å². The van der Waals surface area contributed by atoms with E-state index in [0.717, 1.165) is 17.0 Å². The number of rotatable bonds is 6. The van der Waals surface area contributed by atoms with Gasteiger partial charge < -0.3 is 4.90 Å². The number of aryl methyl sites for hydroxylation is 1. The standard InChI is InChI=1S/C22H30N4O5S/c1-14-19(15(2)26(23-14)16-9-11-32(30,31)13-16)12-24(3)20(27)8-10-25-21(28)17-6-4-5-7-18(17)22(25)29/h4-5,16-18H,6-13H2,1-3H3/t16-,17-,18+/m0/s1. The maximum absolute atomic E-state index is 12.8. The molecule has 3 amide bonds. The van der Waals surface area contributed by atoms with Crippen molar-refractivity contribution < 1.29 is 22.8 Å². The van der Waals surface area contributed by atoms with Crippen LogP contribution in [0.3, 0.4) is 0 Å². The fourth-order valence-electron chi connectivity index (χ4n) is 5.06. The highest BCUT2D eigenvalue weighted by atomic mass is 32.2. The van der Waals surface area contributed by atoms with E-state index in [1.54, 1.807) is 16.6 Å². The van der Waals surface area contributed by atoms with Crippen LogP contribution in [0.15, 0.2) is 12.2 Å². The van der Waals surface area contributed by atoms with Gasteiger partial charge in [-0.15, -0.1) is 0 Å². The topological polar surface area (TPSA) is 110 Å². The summed E-state index contributed by atoms with van der Waals surface area (Å²) in [6.45, 7) is 4.20. The first-order chi connectivity index (χ1) is 15.1. The van der Waals surface area contributed by atoms with Gasteiger partial charge >= 0.3 is 0 Å². The van der Waals surface area contributed by atoms with Gasteiger partial charge in [0.25, 0.3) is 0 Å². The molecule has 2 aliphatic heterocycles. The van der Waals surface area contributed by atoms with Crippen LogP contribution in [0.2, 0.25) is 0 Å². The number of likely N-dealkylation sites (tertiary alicyclic amines) is 1. The van der Waals surface area contributed by atoms with Crippen LogP contribution in [0.1, 0.15) is 48.7 Å². The molecule has 3 aliphatic rings. The highest BCUT2D eigenvalue weighted by molar-refractivity contribution is 7.91. The number of imide groups is 1. The monoisotopic (exact) mass is 462 g/mol. The fraction of sp³-hybridized carbons (Fsp3) is 0.636. The predicted molar refractivity (Wildman–Crippen MR) is 117 cm³/mol. The molecule has 2 saturated heterocycles. The molecule has 0 bridgehead atoms. The number of carbonyl (C=O) groups excluding carboxylic acids is 3. The zero-order valence-electron chi connectivity index (χ0n) is 18.8. The lowest BCUT2D eigenvalue weighted by atomic mass is 9.85. The van der Waals surface area contributed by atoms with Gasteiger partial charge in [-0.25, -0.2) is 8.42 Å². The van der Waals surface area contributed by atoms with Crippen LogP contribution in [-0.2, 0) is 30.8 Å². The molecule has 32 heavy (non-hydrogen) atoms. The first-order valence-electron chi connectivity index (χ1n) is 11.1. The zero-order valence-corrected chi connectivity index (χ0v) is 19.6. The van der Waals surface area contributed by atoms with Gasteiger partial charge in [0.2, 0.25) is 17.7 Å². The Bertz CT molecular complexity index is 1060. The third kappa shape index (κ3) is 4.12. The van der Waals surface area contributed by atoms with E-state index in [1.165, 1.54) is 4.90 Å². The molecule has 10 heteroatoms. The number of fused-ring (bicyclic) bond motifs is 1. The highest BCUT2D eigenvalue weighted by Crippen LogP contribution is 2.35. The Kier molecular flexibility index (Phi) is 6.00. The summed E-state index contributed by atoms with van der Waals surface area (Å²) in [5.41, 5.74) is 2.54. The number of allylic oxidation sites excluding steroid dienone is 2. The predicted octanol–water partition coefficient (Wildman–Crippen LogP) is 1.16. The van der Waals surface area contributed by atoms with E-state index >= 15 is 0 Å². The molecule has 0 spiro atoms. The number of hydrogen-bond donors (Lipinski definition) is 0. The maximum Gasteiger partial charge on any atom is 0.233 e. The minimum absolute atomic E-state index is 0.0773. The quantitative estimate of drug-likeness (QED) is 0.464. The Hall–Kier alpha value is -2.49. The lowest BCUT2D eigenvalue weighted by Gasteiger charge is -2.20. The molecule has 9 nitrogen and oxygen atoms in total. The maximum atomic E-state index is 12.8. The van der Waals surface area contributed by atoms with Crippen LogP contribution >= 0.6 is 0 Å². The molecule has 0 aromatic carbocycles. The Morgan fingerprint density at radius 2 is 1.78 bits per heavy atom. The van der Waals surface area contributed by atoms with Crippen LogP contribution in [0, 0.1) is 25.7 Å². The summed E-state index contributed by atoms with van der Waals surface area (Å²) in [5.74, 6) is -0.785. The zero-order chi connectivity index (χ0) is 23.2. The van der Waals surface area contributed by atoms with Crippen molar-refractivity contribution in [2.24, 2.45) is 11.8 Å². The summed E-state index contributed by atoms with van der Waals surface area (Å²) < 4.78 is 25.5. The first-order valence-corrected chi connectivity index (χ1v) is 12.9. The molecular formula is C22H30N4O5S. The van der Waals surface area contributed by atoms with Crippen molar-refractivity contribution in [1.82, 2.24) is 19.6 Å². The van der Waals surface area contributed by atoms with E-state index in [2.05, 4.69) is 5.10 Å². The SMILES string of the molecule is Cc1nn([C@H]2CCS(=O)(=O)C2)c(C)c1CN(C)C(=O)CCN1C(=O)[C@H]2CC=CC[C@H]2C1=O. The summed E-state index contributed by atoms with van der Waals surface area (Å²) in [6, 6.07) is -0.168. The van der Waals surface area contributed by atoms with Gasteiger partial charge in [-0.3, -0.25) is 24.0 Å². The van der Waals surface area contributed by atoms with Gasteiger partial charge in [-0.05, 0) is 33.1 Å². The minimum atomic E-state index is -3.02. The van der Waals surface area contributed by atoms with Gasteiger partial charge in [0.1, 0.15) is 0 Å². The van der Waals surface area contributed by atoms with Crippen molar-refractivity contribution >= 4 is 27.6 Å². The average molecular weight is 463 g/mol. The molecule has 1 aromatic heterocycles. The molecule has 4 rings (SSSR count). The van der Waals surface area contributed by atoms with Crippen molar-refractivity contribution in [3.05, 3.63) is 29.1 Å². The lowest BCUT2D eigenvalue weighted by Crippen LogP contribution is -2.36. The normalized spacial score (nSPS) is 26.6. The number of hydrogen-bond acceptors (Lipinski definition) is 6. The Morgan fingerprint density at radius 3 is 2.34 bits per heavy atom. The fourth-order valence-corrected chi connectivity index (χ4v) is 6.75. The van der Waals surface area contributed by atoms with Crippen LogP contribution in [-0.4, -0.2) is 70.8 Å². The van der Waals surface area contributed by atoms with Crippen molar-refractivity contribution in [2.45, 2.75) is 52.1 Å². The molecule has 0 unspecified atom stereocenters. The third-order valence-corrected chi connectivity index (χ3v) is 8.75. The van der Waals surface area contributed by atoms with Crippen molar-refractivity contribution in [1.29, 1.82) is 0 Å². The van der Waals surface area contributed by atoms with Gasteiger partial charge in [-0.1, -0.05) is 12.2 Å². The first kappa shape index (κ1) is 22.7. The van der Waals surface area contributed by atoms with Crippen molar-refractivity contribution in [2.75, 3.05) is 25.1 Å². The van der Waals surface area contributed by atoms with Gasteiger partial charge in [-0.2, -0.15) is 5.10 Å². The third-order valence-electron chi connectivity index (χ3n) is 7.00. The summed E-state index contributed by atoms with van der Waals surface area (Å²) in [5, 5.41) is 4.55. The molecular weight excluding hydrogens is 432 g/mol. The van der Waals surface area contributed by atoms with E-state index in [9.17, 15) is 22.8 Å². The van der Waals surface area contributed by atoms with E-state index in [1.807, 2.05) is 26.0 Å². The molecule has 2 fully saturated rings. The van der Waals surface area contributed by atoms with Crippen LogP contribution in [0.5, 0.6) is 0 Å². The van der Waals surface area contributed by atoms with Crippen LogP contribution in [0.25, 0.3) is 0 Å². The van der Waals surface area contributed by atoms with E-state index < -0.39 is 9.84 Å². The molecule has 174 valence electrons. The summed E-state index contributed by atoms with van der Waals surface area (Å²) in [7, 11) is -1.33. The average Bonchev–Trinajstić information content (AvgIpc) is 3.34. The van der Waals surface area contributed by atoms with E-state index in [0.29, 0.717) is 25.8 Å². The Labute approximate surface area is 188 Å². The minimum Gasteiger partial charge on any atom is -0.341 e. The highest BCUT2D eigenvalue weighted by Gasteiger charge is 2.47. The second-order valence-electron chi connectivity index (χ2n) is 9.13. The second kappa shape index (κ2) is 8.46. The number of sulfone groups is 1. The molecule has 0 N–H and O–H groups in total. The second-order valence-corrected chi connectivity index (χ2v) is 11.4. The number of amides is 3. The van der Waals surface area contributed by atoms with Crippen LogP contribution < -0.4 is 0 Å². The van der Waals surface area contributed by atoms with E-state index in [4.69, 9.17) is 0 Å². The van der Waals surface area contributed by atoms with E-state index in [-0.39, 0.29) is 60.1 Å². The molecule has 1 aromatic rings.